The van der Waals surface area contributed by atoms with Gasteiger partial charge in [-0.2, -0.15) is 8.78 Å². The third-order valence-corrected chi connectivity index (χ3v) is 2.97. The van der Waals surface area contributed by atoms with Crippen molar-refractivity contribution in [2.24, 2.45) is 0 Å². The first-order valence-electron chi connectivity index (χ1n) is 6.60. The maximum absolute atomic E-state index is 12.1. The lowest BCUT2D eigenvalue weighted by Crippen LogP contribution is -2.27. The summed E-state index contributed by atoms with van der Waals surface area (Å²) in [5.41, 5.74) is 1.70. The van der Waals surface area contributed by atoms with Crippen molar-refractivity contribution in [2.45, 2.75) is 26.5 Å². The minimum absolute atomic E-state index is 0.0710. The Morgan fingerprint density at radius 3 is 2.41 bits per heavy atom. The third-order valence-electron chi connectivity index (χ3n) is 2.97. The fourth-order valence-corrected chi connectivity index (χ4v) is 1.80. The normalized spacial score (nSPS) is 12.0. The lowest BCUT2D eigenvalue weighted by molar-refractivity contribution is -0.0498. The van der Waals surface area contributed by atoms with Crippen LogP contribution in [0.4, 0.5) is 8.78 Å². The number of carbonyl (C=O) groups excluding carboxylic acids is 1. The molecule has 0 spiro atoms. The Morgan fingerprint density at radius 2 is 1.86 bits per heavy atom. The van der Waals surface area contributed by atoms with Crippen LogP contribution in [0.3, 0.4) is 0 Å². The Bertz CT molecular complexity index is 630. The molecule has 1 heterocycles. The van der Waals surface area contributed by atoms with Gasteiger partial charge >= 0.3 is 6.61 Å². The number of nitrogens with zero attached hydrogens (tertiary/aromatic N) is 2. The number of rotatable bonds is 5. The van der Waals surface area contributed by atoms with Gasteiger partial charge in [-0.25, -0.2) is 4.98 Å². The van der Waals surface area contributed by atoms with Crippen LogP contribution in [0.15, 0.2) is 36.7 Å². The molecule has 1 N–H and O–H groups in total. The van der Waals surface area contributed by atoms with Crippen LogP contribution in [-0.2, 0) is 0 Å². The molecule has 0 aliphatic heterocycles. The highest BCUT2D eigenvalue weighted by atomic mass is 19.3. The number of aromatic nitrogens is 2. The van der Waals surface area contributed by atoms with E-state index in [4.69, 9.17) is 0 Å². The van der Waals surface area contributed by atoms with E-state index in [-0.39, 0.29) is 23.4 Å². The van der Waals surface area contributed by atoms with Crippen molar-refractivity contribution >= 4 is 5.91 Å². The number of hydrogen-bond donors (Lipinski definition) is 1. The molecule has 0 radical (unpaired) electrons. The molecule has 0 aliphatic carbocycles. The summed E-state index contributed by atoms with van der Waals surface area (Å²) in [6.45, 7) is 0.700. The van der Waals surface area contributed by atoms with Crippen LogP contribution in [0.2, 0.25) is 0 Å². The van der Waals surface area contributed by atoms with Gasteiger partial charge in [-0.05, 0) is 31.5 Å². The zero-order chi connectivity index (χ0) is 16.1. The third kappa shape index (κ3) is 4.21. The maximum atomic E-state index is 12.1. The van der Waals surface area contributed by atoms with E-state index in [1.807, 2.05) is 0 Å². The Kier molecular flexibility index (Phi) is 4.98. The van der Waals surface area contributed by atoms with Crippen molar-refractivity contribution in [3.8, 4) is 5.75 Å². The Hall–Kier alpha value is -2.57. The van der Waals surface area contributed by atoms with Gasteiger partial charge in [0.2, 0.25) is 0 Å². The van der Waals surface area contributed by atoms with E-state index >= 15 is 0 Å². The molecule has 1 amide bonds. The number of aryl methyl sites for hydroxylation is 1. The van der Waals surface area contributed by atoms with E-state index in [9.17, 15) is 13.6 Å². The topological polar surface area (TPSA) is 64.1 Å². The number of nitrogens with one attached hydrogen (secondary N) is 1. The van der Waals surface area contributed by atoms with Crippen LogP contribution < -0.4 is 10.1 Å². The molecular formula is C15H15F2N3O2. The average molecular weight is 307 g/mol. The number of benzene rings is 1. The molecule has 0 unspecified atom stereocenters. The predicted molar refractivity (Wildman–Crippen MR) is 75.7 cm³/mol. The summed E-state index contributed by atoms with van der Waals surface area (Å²) in [5, 5.41) is 2.76. The summed E-state index contributed by atoms with van der Waals surface area (Å²) in [4.78, 5) is 20.0. The molecular weight excluding hydrogens is 292 g/mol. The quantitative estimate of drug-likeness (QED) is 0.922. The molecule has 5 nitrogen and oxygen atoms in total. The molecule has 0 saturated carbocycles. The number of alkyl halides is 2. The van der Waals surface area contributed by atoms with E-state index in [0.717, 1.165) is 11.3 Å². The lowest BCUT2D eigenvalue weighted by atomic mass is 10.1. The average Bonchev–Trinajstić information content (AvgIpc) is 2.48. The van der Waals surface area contributed by atoms with Crippen molar-refractivity contribution in [2.75, 3.05) is 0 Å². The highest BCUT2D eigenvalue weighted by Gasteiger charge is 2.13. The molecule has 22 heavy (non-hydrogen) atoms. The second-order valence-corrected chi connectivity index (χ2v) is 4.69. The highest BCUT2D eigenvalue weighted by molar-refractivity contribution is 5.92. The molecule has 0 fully saturated rings. The molecule has 7 heteroatoms. The van der Waals surface area contributed by atoms with Crippen molar-refractivity contribution in [3.05, 3.63) is 53.6 Å². The van der Waals surface area contributed by atoms with Gasteiger partial charge in [0.15, 0.2) is 0 Å². The summed E-state index contributed by atoms with van der Waals surface area (Å²) in [7, 11) is 0. The van der Waals surface area contributed by atoms with Gasteiger partial charge in [-0.1, -0.05) is 12.1 Å². The van der Waals surface area contributed by atoms with Crippen LogP contribution in [0.25, 0.3) is 0 Å². The van der Waals surface area contributed by atoms with E-state index in [1.54, 1.807) is 26.0 Å². The second-order valence-electron chi connectivity index (χ2n) is 4.69. The van der Waals surface area contributed by atoms with Crippen molar-refractivity contribution in [1.82, 2.24) is 15.3 Å². The number of ether oxygens (including phenoxy) is 1. The number of amides is 1. The fraction of sp³-hybridized carbons (Fsp3) is 0.267. The van der Waals surface area contributed by atoms with Crippen molar-refractivity contribution in [3.63, 3.8) is 0 Å². The summed E-state index contributed by atoms with van der Waals surface area (Å²) in [6, 6.07) is 5.77. The molecule has 2 aromatic rings. The molecule has 0 aliphatic rings. The van der Waals surface area contributed by atoms with Crippen LogP contribution in [0.1, 0.15) is 34.7 Å². The molecule has 0 saturated heterocycles. The summed E-state index contributed by atoms with van der Waals surface area (Å²) < 4.78 is 28.4. The highest BCUT2D eigenvalue weighted by Crippen LogP contribution is 2.19. The Labute approximate surface area is 126 Å². The number of carbonyl (C=O) groups is 1. The van der Waals surface area contributed by atoms with Crippen LogP contribution in [0.5, 0.6) is 5.75 Å². The Balaban J connectivity index is 2.00. The van der Waals surface area contributed by atoms with Crippen LogP contribution >= 0.6 is 0 Å². The molecule has 116 valence electrons. The van der Waals surface area contributed by atoms with Gasteiger partial charge in [0, 0.05) is 6.20 Å². The first kappa shape index (κ1) is 15.8. The van der Waals surface area contributed by atoms with Gasteiger partial charge in [0.1, 0.15) is 11.4 Å². The van der Waals surface area contributed by atoms with Crippen molar-refractivity contribution in [1.29, 1.82) is 0 Å². The monoisotopic (exact) mass is 307 g/mol. The molecule has 1 atom stereocenters. The van der Waals surface area contributed by atoms with E-state index < -0.39 is 6.61 Å². The van der Waals surface area contributed by atoms with Gasteiger partial charge in [-0.3, -0.25) is 9.78 Å². The summed E-state index contributed by atoms with van der Waals surface area (Å²) in [6.07, 6.45) is 2.91. The van der Waals surface area contributed by atoms with Crippen molar-refractivity contribution < 1.29 is 18.3 Å². The largest absolute Gasteiger partial charge is 0.435 e. The minimum atomic E-state index is -2.86. The molecule has 1 aromatic carbocycles. The first-order chi connectivity index (χ1) is 10.5. The SMILES string of the molecule is Cc1cnc(C(=O)N[C@H](C)c2ccc(OC(F)F)cc2)cn1. The van der Waals surface area contributed by atoms with Crippen LogP contribution in [0, 0.1) is 6.92 Å². The fourth-order valence-electron chi connectivity index (χ4n) is 1.80. The first-order valence-corrected chi connectivity index (χ1v) is 6.60. The van der Waals surface area contributed by atoms with Gasteiger partial charge in [0.05, 0.1) is 17.9 Å². The van der Waals surface area contributed by atoms with Crippen LogP contribution in [-0.4, -0.2) is 22.5 Å². The predicted octanol–water partition coefficient (Wildman–Crippen LogP) is 2.88. The summed E-state index contributed by atoms with van der Waals surface area (Å²) >= 11 is 0. The van der Waals surface area contributed by atoms with Gasteiger partial charge in [-0.15, -0.1) is 0 Å². The van der Waals surface area contributed by atoms with E-state index in [2.05, 4.69) is 20.0 Å². The zero-order valence-electron chi connectivity index (χ0n) is 12.1. The maximum Gasteiger partial charge on any atom is 0.387 e. The molecule has 0 bridgehead atoms. The van der Waals surface area contributed by atoms with E-state index in [1.165, 1.54) is 24.5 Å². The van der Waals surface area contributed by atoms with E-state index in [0.29, 0.717) is 0 Å². The number of halogens is 2. The van der Waals surface area contributed by atoms with Gasteiger partial charge < -0.3 is 10.1 Å². The van der Waals surface area contributed by atoms with Gasteiger partial charge in [0.25, 0.3) is 5.91 Å². The number of hydrogen-bond acceptors (Lipinski definition) is 4. The standard InChI is InChI=1S/C15H15F2N3O2/c1-9-7-19-13(8-18-9)14(21)20-10(2)11-3-5-12(6-4-11)22-15(16)17/h3-8,10,15H,1-2H3,(H,20,21)/t10-/m1/s1. The Morgan fingerprint density at radius 1 is 1.18 bits per heavy atom. The summed E-state index contributed by atoms with van der Waals surface area (Å²) in [5.74, 6) is -0.283. The molecule has 2 rings (SSSR count). The smallest absolute Gasteiger partial charge is 0.387 e. The molecule has 1 aromatic heterocycles. The lowest BCUT2D eigenvalue weighted by Gasteiger charge is -2.14. The zero-order valence-corrected chi connectivity index (χ0v) is 12.1. The minimum Gasteiger partial charge on any atom is -0.435 e. The second kappa shape index (κ2) is 6.93.